The van der Waals surface area contributed by atoms with Crippen LogP contribution in [0, 0.1) is 0 Å². The smallest absolute Gasteiger partial charge is 0.303 e. The van der Waals surface area contributed by atoms with E-state index in [1.165, 1.54) is 0 Å². The van der Waals surface area contributed by atoms with Crippen LogP contribution in [0.15, 0.2) is 13.5 Å². The van der Waals surface area contributed by atoms with Crippen molar-refractivity contribution in [3.8, 4) is 0 Å². The number of nitrogens with one attached hydrogen (secondary N) is 3. The maximum atomic E-state index is 11.4. The molecular formula is C36H75N6O18P3. The summed E-state index contributed by atoms with van der Waals surface area (Å²) in [6.45, 7) is 5.77. The summed E-state index contributed by atoms with van der Waals surface area (Å²) in [6, 6.07) is 0. The number of carboxylic acids is 3. The molecule has 0 bridgehead atoms. The molecule has 0 aromatic carbocycles. The average molecular weight is 973 g/mol. The largest absolute Gasteiger partial charge is 0.481 e. The maximum absolute atomic E-state index is 11.4. The monoisotopic (exact) mass is 972 g/mol. The number of carboxylic acid groups (broad SMARTS) is 3. The molecule has 0 aliphatic carbocycles. The fourth-order valence-corrected chi connectivity index (χ4v) is 15.7. The Morgan fingerprint density at radius 1 is 0.365 bits per heavy atom. The first-order valence-electron chi connectivity index (χ1n) is 21.2. The summed E-state index contributed by atoms with van der Waals surface area (Å²) in [5, 5.41) is 38.1. The highest BCUT2D eigenvalue weighted by Gasteiger charge is 2.40. The van der Waals surface area contributed by atoms with E-state index in [1.807, 2.05) is 0 Å². The molecule has 63 heavy (non-hydrogen) atoms. The standard InChI is InChI=1S/C36H75N6O18P3/c1-49-16-19-52-22-25-55-28-31-58-61(37-13-7-4-10-34(43)44)40-62(38-14-8-5-11-35(45)46,59-32-29-56-26-23-53-20-17-50-2)42-63(41-61,39-15-9-6-12-36(47)48)60-33-30-57-27-24-54-21-18-51-3/h37-39H,4-33H2,1-3H3,(H,43,44)(H,45,46)(H,47,48). The average Bonchev–Trinajstić information content (AvgIpc) is 3.24. The Hall–Kier alpha value is -1.50. The van der Waals surface area contributed by atoms with E-state index < -0.39 is 40.7 Å². The first-order valence-corrected chi connectivity index (χ1v) is 26.1. The predicted molar refractivity (Wildman–Crippen MR) is 235 cm³/mol. The molecule has 0 aromatic heterocycles. The molecule has 0 unspecified atom stereocenters. The highest BCUT2D eigenvalue weighted by atomic mass is 31.3. The Morgan fingerprint density at radius 2 is 0.587 bits per heavy atom. The second-order valence-corrected chi connectivity index (χ2v) is 20.5. The number of methoxy groups -OCH3 is 3. The molecule has 0 spiro atoms. The summed E-state index contributed by atoms with van der Waals surface area (Å²) >= 11 is 0. The van der Waals surface area contributed by atoms with Crippen molar-refractivity contribution >= 4 is 40.7 Å². The van der Waals surface area contributed by atoms with Gasteiger partial charge in [-0.3, -0.25) is 14.4 Å². The van der Waals surface area contributed by atoms with Gasteiger partial charge in [0.2, 0.25) is 0 Å². The van der Waals surface area contributed by atoms with Gasteiger partial charge in [-0.2, -0.15) is 13.5 Å². The third-order valence-electron chi connectivity index (χ3n) is 8.04. The normalized spacial score (nSPS) is 19.7. The highest BCUT2D eigenvalue weighted by Crippen LogP contribution is 2.75. The third-order valence-corrected chi connectivity index (χ3v) is 17.4. The lowest BCUT2D eigenvalue weighted by atomic mass is 10.2. The lowest BCUT2D eigenvalue weighted by molar-refractivity contribution is -0.138. The highest BCUT2D eigenvalue weighted by molar-refractivity contribution is 7.81. The van der Waals surface area contributed by atoms with Crippen molar-refractivity contribution < 1.29 is 85.9 Å². The zero-order chi connectivity index (χ0) is 46.2. The van der Waals surface area contributed by atoms with Gasteiger partial charge in [-0.05, 0) is 38.5 Å². The van der Waals surface area contributed by atoms with Crippen molar-refractivity contribution in [2.75, 3.05) is 160 Å². The molecule has 0 saturated carbocycles. The topological polar surface area (TPSA) is 296 Å². The van der Waals surface area contributed by atoms with E-state index in [1.54, 1.807) is 21.3 Å². The zero-order valence-corrected chi connectivity index (χ0v) is 40.0. The minimum atomic E-state index is -3.54. The molecule has 0 atom stereocenters. The number of carbonyl (C=O) groups is 3. The van der Waals surface area contributed by atoms with Gasteiger partial charge in [0.1, 0.15) is 0 Å². The van der Waals surface area contributed by atoms with Crippen molar-refractivity contribution in [2.24, 2.45) is 13.5 Å². The second kappa shape index (κ2) is 39.6. The van der Waals surface area contributed by atoms with Gasteiger partial charge in [0.25, 0.3) is 22.7 Å². The van der Waals surface area contributed by atoms with Gasteiger partial charge in [-0.25, -0.2) is 15.3 Å². The zero-order valence-electron chi connectivity index (χ0n) is 37.4. The fraction of sp³-hybridized carbons (Fsp3) is 0.917. The molecule has 1 rings (SSSR count). The molecule has 1 aliphatic heterocycles. The van der Waals surface area contributed by atoms with Gasteiger partial charge in [0, 0.05) is 60.2 Å². The number of hydrogen-bond donors (Lipinski definition) is 6. The first kappa shape index (κ1) is 59.5. The van der Waals surface area contributed by atoms with Crippen molar-refractivity contribution in [3.63, 3.8) is 0 Å². The van der Waals surface area contributed by atoms with Crippen LogP contribution in [0.25, 0.3) is 0 Å². The van der Waals surface area contributed by atoms with Crippen molar-refractivity contribution in [3.05, 3.63) is 0 Å². The van der Waals surface area contributed by atoms with E-state index in [0.717, 1.165) is 0 Å². The third kappa shape index (κ3) is 32.8. The molecule has 1 heterocycles. The number of ether oxygens (including phenoxy) is 9. The van der Waals surface area contributed by atoms with E-state index in [9.17, 15) is 29.7 Å². The summed E-state index contributed by atoms with van der Waals surface area (Å²) in [7, 11) is -5.86. The number of hydrogen-bond acceptors (Lipinski definition) is 21. The summed E-state index contributed by atoms with van der Waals surface area (Å²) in [5.74, 6) is -2.77. The lowest BCUT2D eigenvalue weighted by Gasteiger charge is -2.35. The number of nitrogens with zero attached hydrogens (tertiary/aromatic N) is 3. The van der Waals surface area contributed by atoms with Crippen LogP contribution in [0.1, 0.15) is 57.8 Å². The van der Waals surface area contributed by atoms with Gasteiger partial charge >= 0.3 is 17.9 Å². The van der Waals surface area contributed by atoms with Gasteiger partial charge < -0.3 is 71.5 Å². The Balaban J connectivity index is 3.70. The van der Waals surface area contributed by atoms with Crippen molar-refractivity contribution in [1.29, 1.82) is 0 Å². The summed E-state index contributed by atoms with van der Waals surface area (Å²) < 4.78 is 84.3. The van der Waals surface area contributed by atoms with Crippen molar-refractivity contribution in [2.45, 2.75) is 57.8 Å². The number of aliphatic carboxylic acids is 3. The molecule has 27 heteroatoms. The quantitative estimate of drug-likeness (QED) is 0.0362. The molecule has 0 saturated heterocycles. The van der Waals surface area contributed by atoms with Crippen LogP contribution in [-0.2, 0) is 70.6 Å². The molecule has 0 fully saturated rings. The van der Waals surface area contributed by atoms with Crippen LogP contribution in [0.4, 0.5) is 0 Å². The van der Waals surface area contributed by atoms with Crippen LogP contribution in [0.3, 0.4) is 0 Å². The minimum Gasteiger partial charge on any atom is -0.481 e. The van der Waals surface area contributed by atoms with E-state index >= 15 is 0 Å². The molecule has 1 aliphatic rings. The fourth-order valence-electron chi connectivity index (χ4n) is 4.97. The van der Waals surface area contributed by atoms with Crippen LogP contribution in [0.2, 0.25) is 0 Å². The second-order valence-electron chi connectivity index (χ2n) is 13.3. The van der Waals surface area contributed by atoms with Crippen LogP contribution < -0.4 is 15.3 Å². The summed E-state index contributed by atoms with van der Waals surface area (Å²) in [6.07, 6.45) is 2.32. The van der Waals surface area contributed by atoms with Gasteiger partial charge in [-0.1, -0.05) is 0 Å². The number of rotatable bonds is 48. The Kier molecular flexibility index (Phi) is 37.5. The van der Waals surface area contributed by atoms with Crippen molar-refractivity contribution in [1.82, 2.24) is 15.3 Å². The van der Waals surface area contributed by atoms with E-state index in [4.69, 9.17) is 69.7 Å². The minimum absolute atomic E-state index is 0.0244. The molecule has 24 nitrogen and oxygen atoms in total. The molecular weight excluding hydrogens is 897 g/mol. The molecule has 372 valence electrons. The number of unbranched alkanes of at least 4 members (excludes halogenated alkanes) is 3. The summed E-state index contributed by atoms with van der Waals surface area (Å²) in [4.78, 5) is 34.1. The van der Waals surface area contributed by atoms with Gasteiger partial charge in [-0.15, -0.1) is 0 Å². The molecule has 0 amide bonds. The van der Waals surface area contributed by atoms with E-state index in [-0.39, 0.29) is 98.4 Å². The molecule has 0 radical (unpaired) electrons. The van der Waals surface area contributed by atoms with Gasteiger partial charge in [0.05, 0.1) is 119 Å². The maximum Gasteiger partial charge on any atom is 0.303 e. The Morgan fingerprint density at radius 3 is 0.810 bits per heavy atom. The Bertz CT molecular complexity index is 1200. The SMILES string of the molecule is COCCOCCOCCOP1(NCCCCC(=O)O)=NP(NCCCCC(=O)O)(OCCOCCOCCOC)=NP(NCCCCC(=O)O)(OCCOCCOCCOC)=N1. The van der Waals surface area contributed by atoms with E-state index in [2.05, 4.69) is 15.3 Å². The van der Waals surface area contributed by atoms with E-state index in [0.29, 0.717) is 98.0 Å². The first-order chi connectivity index (χ1) is 30.6. The van der Waals surface area contributed by atoms with Crippen LogP contribution >= 0.6 is 22.7 Å². The van der Waals surface area contributed by atoms with Gasteiger partial charge in [0.15, 0.2) is 0 Å². The summed E-state index contributed by atoms with van der Waals surface area (Å²) in [5.41, 5.74) is 0. The van der Waals surface area contributed by atoms with Crippen LogP contribution in [-0.4, -0.2) is 193 Å². The molecule has 6 N–H and O–H groups in total. The lowest BCUT2D eigenvalue weighted by Crippen LogP contribution is -2.24. The van der Waals surface area contributed by atoms with Crippen LogP contribution in [0.5, 0.6) is 0 Å². The predicted octanol–water partition coefficient (Wildman–Crippen LogP) is 4.46. The Labute approximate surface area is 372 Å². The molecule has 0 aromatic rings.